The van der Waals surface area contributed by atoms with Crippen LogP contribution in [0.1, 0.15) is 33.6 Å². The van der Waals surface area contributed by atoms with Gasteiger partial charge >= 0.3 is 0 Å². The summed E-state index contributed by atoms with van der Waals surface area (Å²) in [7, 11) is 0. The Morgan fingerprint density at radius 1 is 1.53 bits per heavy atom. The quantitative estimate of drug-likeness (QED) is 0.580. The molecule has 0 spiro atoms. The summed E-state index contributed by atoms with van der Waals surface area (Å²) in [5.74, 6) is 0.00463. The zero-order valence-electron chi connectivity index (χ0n) is 10.6. The average Bonchev–Trinajstić information content (AvgIpc) is 3.03. The highest BCUT2D eigenvalue weighted by Crippen LogP contribution is 2.40. The number of hydrogen-bond donors (Lipinski definition) is 1. The highest BCUT2D eigenvalue weighted by atomic mass is 19.1. The maximum absolute atomic E-state index is 13.5. The van der Waals surface area contributed by atoms with Gasteiger partial charge < -0.3 is 5.32 Å². The summed E-state index contributed by atoms with van der Waals surface area (Å²) in [6.07, 6.45) is 4.25. The molecule has 0 saturated heterocycles. The molecule has 0 aromatic carbocycles. The predicted octanol–water partition coefficient (Wildman–Crippen LogP) is 2.75. The molecule has 0 radical (unpaired) electrons. The molecule has 0 heterocycles. The third-order valence-corrected chi connectivity index (χ3v) is 2.81. The summed E-state index contributed by atoms with van der Waals surface area (Å²) in [6.45, 7) is 9.36. The summed E-state index contributed by atoms with van der Waals surface area (Å²) in [5.41, 5.74) is -0.658. The maximum Gasteiger partial charge on any atom is 0.263 e. The molecule has 1 N–H and O–H groups in total. The number of allylic oxidation sites excluding steroid dienone is 3. The molecule has 1 fully saturated rings. The molecule has 0 atom stereocenters. The molecule has 0 unspecified atom stereocenters. The van der Waals surface area contributed by atoms with E-state index in [1.54, 1.807) is 6.08 Å². The molecule has 0 aliphatic heterocycles. The van der Waals surface area contributed by atoms with Crippen molar-refractivity contribution in [2.24, 2.45) is 10.9 Å². The third kappa shape index (κ3) is 3.51. The van der Waals surface area contributed by atoms with E-state index in [1.165, 1.54) is 0 Å². The Morgan fingerprint density at radius 3 is 2.47 bits per heavy atom. The van der Waals surface area contributed by atoms with Crippen LogP contribution in [0.2, 0.25) is 0 Å². The number of rotatable bonds is 5. The smallest absolute Gasteiger partial charge is 0.263 e. The molecule has 0 aromatic rings. The van der Waals surface area contributed by atoms with Crippen LogP contribution in [0, 0.1) is 5.92 Å². The number of carbonyl (C=O) groups excluding carboxylic acids is 1. The Hall–Kier alpha value is -1.45. The van der Waals surface area contributed by atoms with Crippen LogP contribution in [-0.4, -0.2) is 18.3 Å². The second-order valence-electron chi connectivity index (χ2n) is 4.55. The summed E-state index contributed by atoms with van der Waals surface area (Å²) in [6, 6.07) is 0. The first-order chi connectivity index (χ1) is 7.92. The topological polar surface area (TPSA) is 41.5 Å². The van der Waals surface area contributed by atoms with Gasteiger partial charge in [0.1, 0.15) is 5.82 Å². The number of carbonyl (C=O) groups is 1. The third-order valence-electron chi connectivity index (χ3n) is 2.81. The predicted molar refractivity (Wildman–Crippen MR) is 67.4 cm³/mol. The van der Waals surface area contributed by atoms with Crippen molar-refractivity contribution in [2.45, 2.75) is 39.3 Å². The van der Waals surface area contributed by atoms with E-state index >= 15 is 0 Å². The molecule has 0 bridgehead atoms. The van der Waals surface area contributed by atoms with Gasteiger partial charge in [0.25, 0.3) is 5.91 Å². The molecule has 17 heavy (non-hydrogen) atoms. The molecule has 94 valence electrons. The molecule has 0 aromatic heterocycles. The largest absolute Gasteiger partial charge is 0.308 e. The highest BCUT2D eigenvalue weighted by Gasteiger charge is 2.51. The second kappa shape index (κ2) is 5.25. The van der Waals surface area contributed by atoms with Crippen LogP contribution in [0.5, 0.6) is 0 Å². The number of hydrogen-bond acceptors (Lipinski definition) is 2. The minimum absolute atomic E-state index is 0.296. The Kier molecular flexibility index (Phi) is 4.21. The van der Waals surface area contributed by atoms with Gasteiger partial charge in [0.2, 0.25) is 0 Å². The minimum atomic E-state index is -1.68. The minimum Gasteiger partial charge on any atom is -0.308 e. The Bertz CT molecular complexity index is 379. The molecule has 4 heteroatoms. The number of nitrogens with one attached hydrogen (secondary N) is 1. The lowest BCUT2D eigenvalue weighted by atomic mass is 10.0. The van der Waals surface area contributed by atoms with Crippen LogP contribution in [0.25, 0.3) is 0 Å². The van der Waals surface area contributed by atoms with E-state index in [-0.39, 0.29) is 0 Å². The molecule has 1 amide bonds. The van der Waals surface area contributed by atoms with E-state index < -0.39 is 11.6 Å². The molecule has 1 rings (SSSR count). The van der Waals surface area contributed by atoms with Gasteiger partial charge in [-0.15, -0.1) is 0 Å². The standard InChI is InChI=1S/C13H19FN2O/c1-5-10(9(2)3)8-11(15-4)16-12(17)13(14)6-7-13/h5,8-9H,4,6-7H2,1-3H3,(H,16,17)/b10-5+,11-8+. The van der Waals surface area contributed by atoms with E-state index in [1.807, 2.05) is 26.8 Å². The second-order valence-corrected chi connectivity index (χ2v) is 4.55. The van der Waals surface area contributed by atoms with Crippen molar-refractivity contribution in [1.29, 1.82) is 0 Å². The van der Waals surface area contributed by atoms with Crippen LogP contribution in [0.4, 0.5) is 4.39 Å². The van der Waals surface area contributed by atoms with Crippen molar-refractivity contribution in [3.63, 3.8) is 0 Å². The van der Waals surface area contributed by atoms with Gasteiger partial charge in [-0.05, 0) is 44.0 Å². The van der Waals surface area contributed by atoms with Crippen molar-refractivity contribution < 1.29 is 9.18 Å². The number of nitrogens with zero attached hydrogens (tertiary/aromatic N) is 1. The molecule has 1 aliphatic rings. The SMILES string of the molecule is C=N/C(=C\C(=C/C)C(C)C)NC(=O)C1(F)CC1. The van der Waals surface area contributed by atoms with Gasteiger partial charge in [-0.2, -0.15) is 0 Å². The van der Waals surface area contributed by atoms with Crippen molar-refractivity contribution in [3.05, 3.63) is 23.5 Å². The lowest BCUT2D eigenvalue weighted by Crippen LogP contribution is -2.32. The van der Waals surface area contributed by atoms with E-state index in [2.05, 4.69) is 17.0 Å². The average molecular weight is 238 g/mol. The lowest BCUT2D eigenvalue weighted by Gasteiger charge is -2.10. The van der Waals surface area contributed by atoms with E-state index in [0.29, 0.717) is 24.6 Å². The number of aliphatic imine (C=N–C) groups is 1. The monoisotopic (exact) mass is 238 g/mol. The van der Waals surface area contributed by atoms with Gasteiger partial charge in [0.15, 0.2) is 5.67 Å². The fourth-order valence-electron chi connectivity index (χ4n) is 1.43. The summed E-state index contributed by atoms with van der Waals surface area (Å²) < 4.78 is 13.5. The van der Waals surface area contributed by atoms with Gasteiger partial charge in [-0.1, -0.05) is 19.9 Å². The zero-order chi connectivity index (χ0) is 13.1. The first-order valence-electron chi connectivity index (χ1n) is 5.78. The van der Waals surface area contributed by atoms with Gasteiger partial charge in [-0.25, -0.2) is 9.38 Å². The van der Waals surface area contributed by atoms with Crippen molar-refractivity contribution in [3.8, 4) is 0 Å². The zero-order valence-corrected chi connectivity index (χ0v) is 10.6. The van der Waals surface area contributed by atoms with Gasteiger partial charge in [0.05, 0.1) is 0 Å². The van der Waals surface area contributed by atoms with Crippen molar-refractivity contribution in [2.75, 3.05) is 0 Å². The molecule has 1 saturated carbocycles. The van der Waals surface area contributed by atoms with Gasteiger partial charge in [0, 0.05) is 0 Å². The lowest BCUT2D eigenvalue weighted by molar-refractivity contribution is -0.126. The van der Waals surface area contributed by atoms with E-state index in [0.717, 1.165) is 5.57 Å². The molecule has 3 nitrogen and oxygen atoms in total. The van der Waals surface area contributed by atoms with Crippen LogP contribution < -0.4 is 5.32 Å². The highest BCUT2D eigenvalue weighted by molar-refractivity contribution is 5.89. The van der Waals surface area contributed by atoms with Crippen molar-refractivity contribution in [1.82, 2.24) is 5.32 Å². The van der Waals surface area contributed by atoms with E-state index in [4.69, 9.17) is 0 Å². The Morgan fingerprint density at radius 2 is 2.12 bits per heavy atom. The molecular formula is C13H19FN2O. The normalized spacial score (nSPS) is 19.1. The summed E-state index contributed by atoms with van der Waals surface area (Å²) in [4.78, 5) is 15.2. The summed E-state index contributed by atoms with van der Waals surface area (Å²) in [5, 5.41) is 2.47. The Labute approximate surface area is 102 Å². The van der Waals surface area contributed by atoms with E-state index in [9.17, 15) is 9.18 Å². The van der Waals surface area contributed by atoms with Crippen LogP contribution in [-0.2, 0) is 4.79 Å². The number of halogens is 1. The number of alkyl halides is 1. The maximum atomic E-state index is 13.5. The molecular weight excluding hydrogens is 219 g/mol. The number of amides is 1. The summed E-state index contributed by atoms with van der Waals surface area (Å²) >= 11 is 0. The van der Waals surface area contributed by atoms with Crippen molar-refractivity contribution >= 4 is 12.6 Å². The van der Waals surface area contributed by atoms with Gasteiger partial charge in [-0.3, -0.25) is 4.79 Å². The fourth-order valence-corrected chi connectivity index (χ4v) is 1.43. The first kappa shape index (κ1) is 13.6. The van der Waals surface area contributed by atoms with Crippen LogP contribution in [0.3, 0.4) is 0 Å². The Balaban J connectivity index is 2.74. The molecule has 1 aliphatic carbocycles. The first-order valence-corrected chi connectivity index (χ1v) is 5.78. The van der Waals surface area contributed by atoms with Crippen LogP contribution >= 0.6 is 0 Å². The van der Waals surface area contributed by atoms with Crippen LogP contribution in [0.15, 0.2) is 28.5 Å². The fraction of sp³-hybridized carbons (Fsp3) is 0.538.